The summed E-state index contributed by atoms with van der Waals surface area (Å²) in [5.74, 6) is -0.724. The van der Waals surface area contributed by atoms with E-state index >= 15 is 0 Å². The Kier molecular flexibility index (Phi) is 13.4. The molecule has 0 aliphatic carbocycles. The van der Waals surface area contributed by atoms with Gasteiger partial charge in [0.05, 0.1) is 13.2 Å². The van der Waals surface area contributed by atoms with Gasteiger partial charge in [-0.1, -0.05) is 64.7 Å². The molecule has 0 saturated carbocycles. The van der Waals surface area contributed by atoms with Crippen molar-refractivity contribution in [3.63, 3.8) is 0 Å². The summed E-state index contributed by atoms with van der Waals surface area (Å²) in [5, 5.41) is 17.5. The predicted molar refractivity (Wildman–Crippen MR) is 75.9 cm³/mol. The second kappa shape index (κ2) is 13.8. The van der Waals surface area contributed by atoms with Gasteiger partial charge in [-0.15, -0.1) is 0 Å². The van der Waals surface area contributed by atoms with Gasteiger partial charge in [-0.3, -0.25) is 0 Å². The van der Waals surface area contributed by atoms with E-state index in [4.69, 9.17) is 14.9 Å². The van der Waals surface area contributed by atoms with Crippen molar-refractivity contribution in [3.8, 4) is 0 Å². The third kappa shape index (κ3) is 12.2. The highest BCUT2D eigenvalue weighted by Crippen LogP contribution is 2.10. The quantitative estimate of drug-likeness (QED) is 0.400. The number of carbonyl (C=O) groups excluding carboxylic acids is 1. The fourth-order valence-electron chi connectivity index (χ4n) is 1.93. The van der Waals surface area contributed by atoms with Gasteiger partial charge in [0.25, 0.3) is 0 Å². The molecule has 4 heteroatoms. The maximum atomic E-state index is 11.0. The third-order valence-corrected chi connectivity index (χ3v) is 3.19. The van der Waals surface area contributed by atoms with Gasteiger partial charge in [-0.25, -0.2) is 4.79 Å². The zero-order valence-electron chi connectivity index (χ0n) is 12.3. The number of rotatable bonds is 13. The average Bonchev–Trinajstić information content (AvgIpc) is 2.43. The van der Waals surface area contributed by atoms with Crippen LogP contribution in [0, 0.1) is 0 Å². The van der Waals surface area contributed by atoms with Crippen LogP contribution in [-0.2, 0) is 9.53 Å². The van der Waals surface area contributed by atoms with Gasteiger partial charge in [-0.2, -0.15) is 0 Å². The van der Waals surface area contributed by atoms with E-state index in [9.17, 15) is 4.79 Å². The molecular formula is C15H30O4. The van der Waals surface area contributed by atoms with Crippen LogP contribution in [0.25, 0.3) is 0 Å². The summed E-state index contributed by atoms with van der Waals surface area (Å²) in [4.78, 5) is 11.0. The summed E-state index contributed by atoms with van der Waals surface area (Å²) in [5.41, 5.74) is 0. The number of aliphatic hydroxyl groups excluding tert-OH is 2. The number of esters is 1. The van der Waals surface area contributed by atoms with E-state index in [0.29, 0.717) is 6.61 Å². The van der Waals surface area contributed by atoms with Crippen LogP contribution >= 0.6 is 0 Å². The maximum Gasteiger partial charge on any atom is 0.337 e. The van der Waals surface area contributed by atoms with E-state index < -0.39 is 18.7 Å². The van der Waals surface area contributed by atoms with Gasteiger partial charge in [0.15, 0.2) is 6.10 Å². The molecule has 0 heterocycles. The van der Waals surface area contributed by atoms with Crippen LogP contribution < -0.4 is 0 Å². The molecular weight excluding hydrogens is 244 g/mol. The molecule has 4 nitrogen and oxygen atoms in total. The minimum absolute atomic E-state index is 0.340. The lowest BCUT2D eigenvalue weighted by molar-refractivity contribution is -0.155. The fraction of sp³-hybridized carbons (Fsp3) is 0.933. The summed E-state index contributed by atoms with van der Waals surface area (Å²) in [6, 6.07) is 0. The van der Waals surface area contributed by atoms with Gasteiger partial charge >= 0.3 is 5.97 Å². The Morgan fingerprint density at radius 1 is 0.947 bits per heavy atom. The van der Waals surface area contributed by atoms with E-state index in [-0.39, 0.29) is 0 Å². The van der Waals surface area contributed by atoms with Crippen LogP contribution in [0.1, 0.15) is 71.1 Å². The standard InChI is InChI=1S/C15H30O4/c1-2-3-4-5-6-7-8-9-10-11-12-19-15(18)14(17)13-16/h14,16-17H,2-13H2,1H3. The fourth-order valence-corrected chi connectivity index (χ4v) is 1.93. The molecule has 2 N–H and O–H groups in total. The van der Waals surface area contributed by atoms with Gasteiger partial charge in [0.2, 0.25) is 0 Å². The first kappa shape index (κ1) is 18.4. The Labute approximate surface area is 117 Å². The van der Waals surface area contributed by atoms with Crippen LogP contribution in [0.2, 0.25) is 0 Å². The zero-order chi connectivity index (χ0) is 14.3. The lowest BCUT2D eigenvalue weighted by Crippen LogP contribution is -2.26. The van der Waals surface area contributed by atoms with E-state index in [0.717, 1.165) is 12.8 Å². The first-order chi connectivity index (χ1) is 9.22. The molecule has 0 aliphatic heterocycles. The summed E-state index contributed by atoms with van der Waals surface area (Å²) in [7, 11) is 0. The molecule has 19 heavy (non-hydrogen) atoms. The highest BCUT2D eigenvalue weighted by molar-refractivity contribution is 5.74. The minimum atomic E-state index is -1.39. The van der Waals surface area contributed by atoms with Gasteiger partial charge < -0.3 is 14.9 Å². The van der Waals surface area contributed by atoms with Crippen LogP contribution in [0.15, 0.2) is 0 Å². The summed E-state index contributed by atoms with van der Waals surface area (Å²) in [6.07, 6.45) is 10.9. The van der Waals surface area contributed by atoms with Crippen molar-refractivity contribution < 1.29 is 19.7 Å². The topological polar surface area (TPSA) is 66.8 Å². The summed E-state index contributed by atoms with van der Waals surface area (Å²) >= 11 is 0. The van der Waals surface area contributed by atoms with Crippen LogP contribution in [0.4, 0.5) is 0 Å². The van der Waals surface area contributed by atoms with Crippen molar-refractivity contribution in [1.82, 2.24) is 0 Å². The molecule has 0 amide bonds. The molecule has 114 valence electrons. The smallest absolute Gasteiger partial charge is 0.337 e. The molecule has 0 aliphatic rings. The molecule has 0 radical (unpaired) electrons. The molecule has 0 fully saturated rings. The second-order valence-electron chi connectivity index (χ2n) is 5.05. The first-order valence-electron chi connectivity index (χ1n) is 7.68. The Bertz CT molecular complexity index is 206. The van der Waals surface area contributed by atoms with Crippen molar-refractivity contribution in [1.29, 1.82) is 0 Å². The molecule has 0 bridgehead atoms. The molecule has 0 spiro atoms. The van der Waals surface area contributed by atoms with Crippen molar-refractivity contribution >= 4 is 5.97 Å². The monoisotopic (exact) mass is 274 g/mol. The number of hydrogen-bond donors (Lipinski definition) is 2. The van der Waals surface area contributed by atoms with Gasteiger partial charge in [0, 0.05) is 0 Å². The van der Waals surface area contributed by atoms with Crippen LogP contribution in [-0.4, -0.2) is 35.5 Å². The van der Waals surface area contributed by atoms with E-state index in [1.807, 2.05) is 0 Å². The van der Waals surface area contributed by atoms with Crippen molar-refractivity contribution in [2.75, 3.05) is 13.2 Å². The largest absolute Gasteiger partial charge is 0.464 e. The highest BCUT2D eigenvalue weighted by Gasteiger charge is 2.14. The Morgan fingerprint density at radius 3 is 1.89 bits per heavy atom. The van der Waals surface area contributed by atoms with Crippen molar-refractivity contribution in [3.05, 3.63) is 0 Å². The molecule has 0 aromatic heterocycles. The lowest BCUT2D eigenvalue weighted by atomic mass is 10.1. The number of hydrogen-bond acceptors (Lipinski definition) is 4. The first-order valence-corrected chi connectivity index (χ1v) is 7.68. The van der Waals surface area contributed by atoms with Gasteiger partial charge in [-0.05, 0) is 6.42 Å². The third-order valence-electron chi connectivity index (χ3n) is 3.19. The molecule has 1 unspecified atom stereocenters. The van der Waals surface area contributed by atoms with Gasteiger partial charge in [0.1, 0.15) is 0 Å². The SMILES string of the molecule is CCCCCCCCCCCCOC(=O)C(O)CO. The predicted octanol–water partition coefficient (Wildman–Crippen LogP) is 2.80. The number of unbranched alkanes of at least 4 members (excludes halogenated alkanes) is 9. The van der Waals surface area contributed by atoms with E-state index in [2.05, 4.69) is 6.92 Å². The average molecular weight is 274 g/mol. The Balaban J connectivity index is 3.13. The number of ether oxygens (including phenoxy) is 1. The maximum absolute atomic E-state index is 11.0. The molecule has 0 aromatic carbocycles. The van der Waals surface area contributed by atoms with E-state index in [1.165, 1.54) is 51.4 Å². The zero-order valence-corrected chi connectivity index (χ0v) is 12.3. The number of carbonyl (C=O) groups is 1. The van der Waals surface area contributed by atoms with Crippen LogP contribution in [0.3, 0.4) is 0 Å². The summed E-state index contributed by atoms with van der Waals surface area (Å²) in [6.45, 7) is 2.00. The molecule has 0 rings (SSSR count). The lowest BCUT2D eigenvalue weighted by Gasteiger charge is -2.07. The van der Waals surface area contributed by atoms with Crippen molar-refractivity contribution in [2.24, 2.45) is 0 Å². The molecule has 1 atom stereocenters. The van der Waals surface area contributed by atoms with E-state index in [1.54, 1.807) is 0 Å². The Morgan fingerprint density at radius 2 is 1.42 bits per heavy atom. The normalized spacial score (nSPS) is 12.4. The summed E-state index contributed by atoms with van der Waals surface area (Å²) < 4.78 is 4.82. The Hall–Kier alpha value is -0.610. The number of aliphatic hydroxyl groups is 2. The van der Waals surface area contributed by atoms with Crippen LogP contribution in [0.5, 0.6) is 0 Å². The molecule has 0 aromatic rings. The minimum Gasteiger partial charge on any atom is -0.464 e. The second-order valence-corrected chi connectivity index (χ2v) is 5.05. The highest BCUT2D eigenvalue weighted by atomic mass is 16.5. The molecule has 0 saturated heterocycles. The van der Waals surface area contributed by atoms with Crippen molar-refractivity contribution in [2.45, 2.75) is 77.2 Å².